The zero-order valence-electron chi connectivity index (χ0n) is 12.7. The van der Waals surface area contributed by atoms with Crippen LogP contribution in [0.4, 0.5) is 11.5 Å². The predicted molar refractivity (Wildman–Crippen MR) is 81.3 cm³/mol. The summed E-state index contributed by atoms with van der Waals surface area (Å²) in [5.41, 5.74) is 8.02. The Morgan fingerprint density at radius 3 is 2.47 bits per heavy atom. The van der Waals surface area contributed by atoms with Crippen LogP contribution >= 0.6 is 0 Å². The highest BCUT2D eigenvalue weighted by molar-refractivity contribution is 5.65. The summed E-state index contributed by atoms with van der Waals surface area (Å²) in [6.07, 6.45) is 5.40. The van der Waals surface area contributed by atoms with E-state index < -0.39 is 0 Å². The zero-order valence-corrected chi connectivity index (χ0v) is 12.7. The lowest BCUT2D eigenvalue weighted by Gasteiger charge is -2.26. The minimum atomic E-state index is 0.372. The van der Waals surface area contributed by atoms with Crippen LogP contribution in [0.3, 0.4) is 0 Å². The second kappa shape index (κ2) is 5.85. The van der Waals surface area contributed by atoms with Gasteiger partial charge >= 0.3 is 0 Å². The molecule has 1 saturated carbocycles. The monoisotopic (exact) mass is 264 g/mol. The van der Waals surface area contributed by atoms with Gasteiger partial charge in [0.15, 0.2) is 0 Å². The van der Waals surface area contributed by atoms with Gasteiger partial charge in [-0.2, -0.15) is 5.10 Å². The average Bonchev–Trinajstić information content (AvgIpc) is 2.65. The fourth-order valence-corrected chi connectivity index (χ4v) is 2.97. The molecule has 0 aliphatic heterocycles. The van der Waals surface area contributed by atoms with Crippen molar-refractivity contribution < 1.29 is 0 Å². The Morgan fingerprint density at radius 2 is 1.95 bits per heavy atom. The van der Waals surface area contributed by atoms with Crippen LogP contribution in [-0.4, -0.2) is 16.3 Å². The van der Waals surface area contributed by atoms with Crippen LogP contribution in [-0.2, 0) is 7.05 Å². The van der Waals surface area contributed by atoms with E-state index in [1.165, 1.54) is 25.7 Å². The quantitative estimate of drug-likeness (QED) is 0.876. The molecule has 0 aromatic carbocycles. The first-order valence-electron chi connectivity index (χ1n) is 7.55. The molecule has 1 heterocycles. The van der Waals surface area contributed by atoms with Crippen molar-refractivity contribution in [1.82, 2.24) is 9.78 Å². The van der Waals surface area contributed by atoms with Crippen molar-refractivity contribution in [3.63, 3.8) is 0 Å². The van der Waals surface area contributed by atoms with Gasteiger partial charge in [-0.25, -0.2) is 0 Å². The van der Waals surface area contributed by atoms with E-state index in [-0.39, 0.29) is 0 Å². The van der Waals surface area contributed by atoms with Crippen molar-refractivity contribution >= 4 is 11.5 Å². The molecule has 108 valence electrons. The van der Waals surface area contributed by atoms with Gasteiger partial charge in [-0.15, -0.1) is 0 Å². The number of rotatable bonds is 4. The predicted octanol–water partition coefficient (Wildman–Crippen LogP) is 3.36. The number of aromatic nitrogens is 2. The van der Waals surface area contributed by atoms with E-state index in [1.807, 2.05) is 11.7 Å². The summed E-state index contributed by atoms with van der Waals surface area (Å²) >= 11 is 0. The van der Waals surface area contributed by atoms with Gasteiger partial charge < -0.3 is 11.1 Å². The van der Waals surface area contributed by atoms with Gasteiger partial charge in [-0.1, -0.05) is 33.6 Å². The number of nitrogen functional groups attached to an aromatic ring is 1. The zero-order chi connectivity index (χ0) is 14.0. The number of aryl methyl sites for hydroxylation is 1. The van der Waals surface area contributed by atoms with Crippen LogP contribution in [0.1, 0.15) is 58.1 Å². The lowest BCUT2D eigenvalue weighted by atomic mass is 9.83. The SMILES string of the molecule is CC1CCC(CNc2c(N)c(C(C)C)nn2C)CC1. The Kier molecular flexibility index (Phi) is 4.38. The molecule has 0 bridgehead atoms. The molecule has 0 amide bonds. The number of anilines is 2. The molecule has 1 aromatic rings. The van der Waals surface area contributed by atoms with Gasteiger partial charge in [0.1, 0.15) is 5.82 Å². The Hall–Kier alpha value is -1.19. The molecule has 1 aliphatic carbocycles. The molecule has 0 saturated heterocycles. The first-order chi connectivity index (χ1) is 8.99. The van der Waals surface area contributed by atoms with E-state index in [4.69, 9.17) is 5.73 Å². The Bertz CT molecular complexity index is 414. The number of hydrogen-bond acceptors (Lipinski definition) is 3. The molecule has 4 heteroatoms. The molecule has 19 heavy (non-hydrogen) atoms. The second-order valence-electron chi connectivity index (χ2n) is 6.43. The van der Waals surface area contributed by atoms with E-state index in [2.05, 4.69) is 31.2 Å². The van der Waals surface area contributed by atoms with E-state index in [0.29, 0.717) is 5.92 Å². The maximum absolute atomic E-state index is 6.20. The largest absolute Gasteiger partial charge is 0.394 e. The minimum absolute atomic E-state index is 0.372. The van der Waals surface area contributed by atoms with E-state index in [9.17, 15) is 0 Å². The summed E-state index contributed by atoms with van der Waals surface area (Å²) in [5.74, 6) is 3.05. The normalized spacial score (nSPS) is 23.8. The first-order valence-corrected chi connectivity index (χ1v) is 7.55. The van der Waals surface area contributed by atoms with Crippen molar-refractivity contribution in [1.29, 1.82) is 0 Å². The summed E-state index contributed by atoms with van der Waals surface area (Å²) in [6.45, 7) is 7.64. The van der Waals surface area contributed by atoms with Crippen LogP contribution in [0, 0.1) is 11.8 Å². The van der Waals surface area contributed by atoms with Crippen molar-refractivity contribution in [2.24, 2.45) is 18.9 Å². The fourth-order valence-electron chi connectivity index (χ4n) is 2.97. The molecular weight excluding hydrogens is 236 g/mol. The fraction of sp³-hybridized carbons (Fsp3) is 0.800. The van der Waals surface area contributed by atoms with Crippen LogP contribution in [0.5, 0.6) is 0 Å². The molecular formula is C15H28N4. The summed E-state index contributed by atoms with van der Waals surface area (Å²) in [4.78, 5) is 0. The van der Waals surface area contributed by atoms with Crippen molar-refractivity contribution in [2.75, 3.05) is 17.6 Å². The van der Waals surface area contributed by atoms with Crippen molar-refractivity contribution in [2.45, 2.75) is 52.4 Å². The maximum Gasteiger partial charge on any atom is 0.147 e. The Balaban J connectivity index is 1.96. The van der Waals surface area contributed by atoms with E-state index >= 15 is 0 Å². The number of hydrogen-bond donors (Lipinski definition) is 2. The van der Waals surface area contributed by atoms with Gasteiger partial charge in [0.25, 0.3) is 0 Å². The molecule has 4 nitrogen and oxygen atoms in total. The van der Waals surface area contributed by atoms with Crippen LogP contribution in [0.2, 0.25) is 0 Å². The molecule has 0 unspecified atom stereocenters. The highest BCUT2D eigenvalue weighted by Crippen LogP contribution is 2.31. The highest BCUT2D eigenvalue weighted by atomic mass is 15.3. The van der Waals surface area contributed by atoms with Gasteiger partial charge in [0.2, 0.25) is 0 Å². The highest BCUT2D eigenvalue weighted by Gasteiger charge is 2.20. The smallest absolute Gasteiger partial charge is 0.147 e. The molecule has 2 rings (SSSR count). The third-order valence-corrected chi connectivity index (χ3v) is 4.35. The minimum Gasteiger partial charge on any atom is -0.394 e. The summed E-state index contributed by atoms with van der Waals surface area (Å²) in [7, 11) is 1.97. The van der Waals surface area contributed by atoms with Crippen LogP contribution in [0.15, 0.2) is 0 Å². The third-order valence-electron chi connectivity index (χ3n) is 4.35. The van der Waals surface area contributed by atoms with Crippen LogP contribution in [0.25, 0.3) is 0 Å². The van der Waals surface area contributed by atoms with Crippen molar-refractivity contribution in [3.05, 3.63) is 5.69 Å². The lowest BCUT2D eigenvalue weighted by molar-refractivity contribution is 0.300. The first kappa shape index (κ1) is 14.2. The molecule has 0 radical (unpaired) electrons. The van der Waals surface area contributed by atoms with Gasteiger partial charge in [0, 0.05) is 13.6 Å². The maximum atomic E-state index is 6.20. The lowest BCUT2D eigenvalue weighted by Crippen LogP contribution is -2.21. The van der Waals surface area contributed by atoms with Crippen molar-refractivity contribution in [3.8, 4) is 0 Å². The summed E-state index contributed by atoms with van der Waals surface area (Å²) in [6, 6.07) is 0. The Morgan fingerprint density at radius 1 is 1.32 bits per heavy atom. The molecule has 1 aromatic heterocycles. The molecule has 0 atom stereocenters. The molecule has 1 fully saturated rings. The van der Waals surface area contributed by atoms with E-state index in [0.717, 1.165) is 35.6 Å². The number of nitrogens with zero attached hydrogens (tertiary/aromatic N) is 2. The second-order valence-corrected chi connectivity index (χ2v) is 6.43. The average molecular weight is 264 g/mol. The number of nitrogens with two attached hydrogens (primary N) is 1. The molecule has 0 spiro atoms. The van der Waals surface area contributed by atoms with Crippen LogP contribution < -0.4 is 11.1 Å². The summed E-state index contributed by atoms with van der Waals surface area (Å²) in [5, 5.41) is 8.03. The number of nitrogens with one attached hydrogen (secondary N) is 1. The van der Waals surface area contributed by atoms with Gasteiger partial charge in [-0.3, -0.25) is 4.68 Å². The molecule has 1 aliphatic rings. The van der Waals surface area contributed by atoms with E-state index in [1.54, 1.807) is 0 Å². The third kappa shape index (κ3) is 3.23. The molecule has 3 N–H and O–H groups in total. The Labute approximate surface area is 116 Å². The van der Waals surface area contributed by atoms with Gasteiger partial charge in [-0.05, 0) is 30.6 Å². The topological polar surface area (TPSA) is 55.9 Å². The van der Waals surface area contributed by atoms with Gasteiger partial charge in [0.05, 0.1) is 11.4 Å². The summed E-state index contributed by atoms with van der Waals surface area (Å²) < 4.78 is 1.89. The standard InChI is InChI=1S/C15H28N4/c1-10(2)14-13(16)15(19(4)18-14)17-9-12-7-5-11(3)6-8-12/h10-12,17H,5-9,16H2,1-4H3.